The van der Waals surface area contributed by atoms with Crippen molar-refractivity contribution >= 4 is 5.97 Å². The number of nitrogens with zero attached hydrogens (tertiary/aromatic N) is 1. The Morgan fingerprint density at radius 2 is 2.50 bits per heavy atom. The van der Waals surface area contributed by atoms with E-state index >= 15 is 0 Å². The van der Waals surface area contributed by atoms with E-state index < -0.39 is 5.97 Å². The third-order valence-corrected chi connectivity index (χ3v) is 1.11. The van der Waals surface area contributed by atoms with Crippen LogP contribution < -0.4 is 0 Å². The number of carbonyl (C=O) groups excluding carboxylic acids is 1. The molecule has 0 amide bonds. The maximum Gasteiger partial charge on any atom is 0.384 e. The van der Waals surface area contributed by atoms with Gasteiger partial charge in [0.05, 0.1) is 7.11 Å². The monoisotopic (exact) mass is 165 g/mol. The Morgan fingerprint density at radius 1 is 1.75 bits per heavy atom. The van der Waals surface area contributed by atoms with Crippen LogP contribution in [0.2, 0.25) is 0 Å². The van der Waals surface area contributed by atoms with Crippen LogP contribution in [0.5, 0.6) is 0 Å². The molecule has 1 heterocycles. The smallest absolute Gasteiger partial charge is 0.384 e. The minimum absolute atomic E-state index is 0.429. The van der Waals surface area contributed by atoms with E-state index in [-0.39, 0.29) is 0 Å². The Labute approximate surface area is 69.5 Å². The van der Waals surface area contributed by atoms with E-state index in [0.717, 1.165) is 0 Å². The minimum Gasteiger partial charge on any atom is -0.459 e. The zero-order valence-corrected chi connectivity index (χ0v) is 6.75. The zero-order chi connectivity index (χ0) is 8.97. The molecule has 0 fully saturated rings. The SMILES string of the molecule is COC(=O)C#Cc1cc(C)on1. The summed E-state index contributed by atoms with van der Waals surface area (Å²) in [7, 11) is 1.27. The lowest BCUT2D eigenvalue weighted by Gasteiger charge is -1.82. The Bertz CT molecular complexity index is 343. The van der Waals surface area contributed by atoms with Crippen molar-refractivity contribution in [1.29, 1.82) is 0 Å². The molecular weight excluding hydrogens is 158 g/mol. The topological polar surface area (TPSA) is 52.3 Å². The lowest BCUT2D eigenvalue weighted by atomic mass is 10.4. The van der Waals surface area contributed by atoms with Gasteiger partial charge in [-0.3, -0.25) is 0 Å². The van der Waals surface area contributed by atoms with Gasteiger partial charge in [0.25, 0.3) is 0 Å². The van der Waals surface area contributed by atoms with Gasteiger partial charge in [-0.25, -0.2) is 4.79 Å². The fourth-order valence-electron chi connectivity index (χ4n) is 0.591. The summed E-state index contributed by atoms with van der Waals surface area (Å²) in [6.07, 6.45) is 0. The van der Waals surface area contributed by atoms with Crippen molar-refractivity contribution in [3.8, 4) is 11.8 Å². The third-order valence-electron chi connectivity index (χ3n) is 1.11. The molecule has 0 saturated heterocycles. The molecule has 0 radical (unpaired) electrons. The number of hydrogen-bond donors (Lipinski definition) is 0. The molecule has 0 aliphatic carbocycles. The molecule has 0 aliphatic rings. The summed E-state index contributed by atoms with van der Waals surface area (Å²) in [4.78, 5) is 10.5. The minimum atomic E-state index is -0.587. The van der Waals surface area contributed by atoms with Gasteiger partial charge in [0.2, 0.25) is 0 Å². The molecule has 1 rings (SSSR count). The number of aryl methyl sites for hydroxylation is 1. The number of esters is 1. The zero-order valence-electron chi connectivity index (χ0n) is 6.75. The van der Waals surface area contributed by atoms with Crippen molar-refractivity contribution in [3.63, 3.8) is 0 Å². The highest BCUT2D eigenvalue weighted by atomic mass is 16.5. The van der Waals surface area contributed by atoms with Crippen LogP contribution in [0.1, 0.15) is 11.5 Å². The lowest BCUT2D eigenvalue weighted by Crippen LogP contribution is -1.94. The standard InChI is InChI=1S/C8H7NO3/c1-6-5-7(9-12-6)3-4-8(10)11-2/h5H,1-2H3. The normalized spacial score (nSPS) is 8.50. The van der Waals surface area contributed by atoms with Crippen LogP contribution in [0.25, 0.3) is 0 Å². The largest absolute Gasteiger partial charge is 0.459 e. The quantitative estimate of drug-likeness (QED) is 0.415. The Kier molecular flexibility index (Phi) is 2.49. The highest BCUT2D eigenvalue weighted by molar-refractivity contribution is 5.88. The summed E-state index contributed by atoms with van der Waals surface area (Å²) in [5.74, 6) is 4.78. The number of methoxy groups -OCH3 is 1. The van der Waals surface area contributed by atoms with Crippen LogP contribution in [0.4, 0.5) is 0 Å². The van der Waals surface area contributed by atoms with Gasteiger partial charge < -0.3 is 9.26 Å². The van der Waals surface area contributed by atoms with E-state index in [1.54, 1.807) is 13.0 Å². The van der Waals surface area contributed by atoms with Crippen molar-refractivity contribution in [1.82, 2.24) is 5.16 Å². The number of ether oxygens (including phenoxy) is 1. The highest BCUT2D eigenvalue weighted by Crippen LogP contribution is 1.98. The first-order chi connectivity index (χ1) is 5.72. The maximum atomic E-state index is 10.5. The molecule has 0 saturated carbocycles. The van der Waals surface area contributed by atoms with Gasteiger partial charge >= 0.3 is 5.97 Å². The average Bonchev–Trinajstić information content (AvgIpc) is 2.47. The number of carbonyl (C=O) groups is 1. The van der Waals surface area contributed by atoms with Gasteiger partial charge in [0.15, 0.2) is 5.69 Å². The summed E-state index contributed by atoms with van der Waals surface area (Å²) in [6.45, 7) is 1.75. The molecule has 0 bridgehead atoms. The molecule has 62 valence electrons. The van der Waals surface area contributed by atoms with Crippen LogP contribution >= 0.6 is 0 Å². The molecule has 1 aromatic heterocycles. The Balaban J connectivity index is 2.73. The van der Waals surface area contributed by atoms with Crippen molar-refractivity contribution in [3.05, 3.63) is 17.5 Å². The van der Waals surface area contributed by atoms with Crippen LogP contribution in [-0.2, 0) is 9.53 Å². The number of hydrogen-bond acceptors (Lipinski definition) is 4. The number of rotatable bonds is 0. The van der Waals surface area contributed by atoms with Gasteiger partial charge in [-0.1, -0.05) is 5.16 Å². The highest BCUT2D eigenvalue weighted by Gasteiger charge is 1.95. The summed E-state index contributed by atoms with van der Waals surface area (Å²) < 4.78 is 9.03. The van der Waals surface area contributed by atoms with Crippen molar-refractivity contribution in [2.24, 2.45) is 0 Å². The van der Waals surface area contributed by atoms with E-state index in [9.17, 15) is 4.79 Å². The van der Waals surface area contributed by atoms with E-state index in [2.05, 4.69) is 21.7 Å². The fourth-order valence-corrected chi connectivity index (χ4v) is 0.591. The van der Waals surface area contributed by atoms with Gasteiger partial charge in [-0.05, 0) is 12.8 Å². The third kappa shape index (κ3) is 2.13. The van der Waals surface area contributed by atoms with E-state index in [4.69, 9.17) is 4.52 Å². The van der Waals surface area contributed by atoms with Crippen LogP contribution in [0.3, 0.4) is 0 Å². The average molecular weight is 165 g/mol. The Hall–Kier alpha value is -1.76. The van der Waals surface area contributed by atoms with E-state index in [0.29, 0.717) is 11.5 Å². The van der Waals surface area contributed by atoms with Crippen LogP contribution in [0, 0.1) is 18.8 Å². The summed E-state index contributed by atoms with van der Waals surface area (Å²) in [5.41, 5.74) is 0.429. The second kappa shape index (κ2) is 3.58. The molecule has 0 spiro atoms. The summed E-state index contributed by atoms with van der Waals surface area (Å²) >= 11 is 0. The van der Waals surface area contributed by atoms with Crippen LogP contribution in [-0.4, -0.2) is 18.2 Å². The van der Waals surface area contributed by atoms with Gasteiger partial charge in [-0.2, -0.15) is 0 Å². The molecule has 0 N–H and O–H groups in total. The predicted octanol–water partition coefficient (Wildman–Crippen LogP) is 0.508. The Morgan fingerprint density at radius 3 is 3.00 bits per heavy atom. The first kappa shape index (κ1) is 8.34. The molecule has 0 aliphatic heterocycles. The molecule has 4 nitrogen and oxygen atoms in total. The second-order valence-corrected chi connectivity index (χ2v) is 2.06. The van der Waals surface area contributed by atoms with Gasteiger partial charge in [0, 0.05) is 12.0 Å². The summed E-state index contributed by atoms with van der Waals surface area (Å²) in [5, 5.41) is 3.57. The van der Waals surface area contributed by atoms with Crippen molar-refractivity contribution < 1.29 is 14.1 Å². The fraction of sp³-hybridized carbons (Fsp3) is 0.250. The van der Waals surface area contributed by atoms with Gasteiger partial charge in [-0.15, -0.1) is 0 Å². The molecular formula is C8H7NO3. The van der Waals surface area contributed by atoms with Crippen molar-refractivity contribution in [2.75, 3.05) is 7.11 Å². The summed E-state index contributed by atoms with van der Waals surface area (Å²) in [6, 6.07) is 1.63. The van der Waals surface area contributed by atoms with Crippen LogP contribution in [0.15, 0.2) is 10.6 Å². The van der Waals surface area contributed by atoms with E-state index in [1.165, 1.54) is 7.11 Å². The maximum absolute atomic E-state index is 10.5. The number of aromatic nitrogens is 1. The lowest BCUT2D eigenvalue weighted by molar-refractivity contribution is -0.133. The van der Waals surface area contributed by atoms with Gasteiger partial charge in [0.1, 0.15) is 5.76 Å². The predicted molar refractivity (Wildman–Crippen MR) is 40.1 cm³/mol. The molecule has 12 heavy (non-hydrogen) atoms. The second-order valence-electron chi connectivity index (χ2n) is 2.06. The first-order valence-electron chi connectivity index (χ1n) is 3.25. The van der Waals surface area contributed by atoms with E-state index in [1.807, 2.05) is 0 Å². The molecule has 0 aromatic carbocycles. The molecule has 0 unspecified atom stereocenters. The molecule has 0 atom stereocenters. The first-order valence-corrected chi connectivity index (χ1v) is 3.25. The molecule has 4 heteroatoms. The molecule has 1 aromatic rings. The van der Waals surface area contributed by atoms with Crippen molar-refractivity contribution in [2.45, 2.75) is 6.92 Å².